The maximum absolute atomic E-state index is 12.8. The maximum atomic E-state index is 12.8. The summed E-state index contributed by atoms with van der Waals surface area (Å²) in [5.41, 5.74) is 2.65. The molecule has 0 aliphatic carbocycles. The van der Waals surface area contributed by atoms with E-state index in [0.717, 1.165) is 24.1 Å². The first-order valence-electron chi connectivity index (χ1n) is 6.98. The zero-order valence-corrected chi connectivity index (χ0v) is 13.2. The molecule has 2 aromatic rings. The molecule has 0 saturated heterocycles. The lowest BCUT2D eigenvalue weighted by Crippen LogP contribution is -2.37. The first-order valence-corrected chi connectivity index (χ1v) is 7.74. The highest BCUT2D eigenvalue weighted by molar-refractivity contribution is 6.42. The molecular formula is C17H15Cl2NO. The minimum Gasteiger partial charge on any atom is -0.305 e. The summed E-state index contributed by atoms with van der Waals surface area (Å²) in [5.74, 6) is 0.0135. The Labute approximate surface area is 134 Å². The summed E-state index contributed by atoms with van der Waals surface area (Å²) in [4.78, 5) is 14.7. The van der Waals surface area contributed by atoms with Crippen LogP contribution in [-0.2, 0) is 6.42 Å². The van der Waals surface area contributed by atoms with Gasteiger partial charge in [-0.15, -0.1) is 0 Å². The highest BCUT2D eigenvalue weighted by Gasteiger charge is 2.33. The molecule has 4 heteroatoms. The van der Waals surface area contributed by atoms with E-state index in [9.17, 15) is 4.79 Å². The van der Waals surface area contributed by atoms with Crippen molar-refractivity contribution in [1.29, 1.82) is 0 Å². The lowest BCUT2D eigenvalue weighted by Gasteiger charge is -2.25. The van der Waals surface area contributed by atoms with Crippen molar-refractivity contribution in [1.82, 2.24) is 0 Å². The van der Waals surface area contributed by atoms with Crippen molar-refractivity contribution in [2.45, 2.75) is 25.8 Å². The average molecular weight is 320 g/mol. The molecule has 1 unspecified atom stereocenters. The fourth-order valence-corrected chi connectivity index (χ4v) is 3.17. The quantitative estimate of drug-likeness (QED) is 0.764. The van der Waals surface area contributed by atoms with Gasteiger partial charge in [0.1, 0.15) is 0 Å². The average Bonchev–Trinajstić information content (AvgIpc) is 2.85. The smallest absolute Gasteiger partial charge is 0.258 e. The van der Waals surface area contributed by atoms with Crippen molar-refractivity contribution in [2.24, 2.45) is 0 Å². The standard InChI is InChI=1S/C17H15Cl2NO/c1-2-13-8-12-9-14(18)15(19)10-16(12)20(13)17(21)11-6-4-3-5-7-11/h3-7,9-10,13H,2,8H2,1H3. The van der Waals surface area contributed by atoms with Gasteiger partial charge in [0.25, 0.3) is 5.91 Å². The zero-order valence-electron chi connectivity index (χ0n) is 11.6. The van der Waals surface area contributed by atoms with Gasteiger partial charge in [-0.25, -0.2) is 0 Å². The molecule has 2 nitrogen and oxygen atoms in total. The van der Waals surface area contributed by atoms with Gasteiger partial charge in [-0.05, 0) is 42.7 Å². The van der Waals surface area contributed by atoms with Crippen LogP contribution < -0.4 is 4.90 Å². The summed E-state index contributed by atoms with van der Waals surface area (Å²) in [6.07, 6.45) is 1.71. The molecule has 108 valence electrons. The van der Waals surface area contributed by atoms with E-state index in [-0.39, 0.29) is 11.9 Å². The molecule has 0 radical (unpaired) electrons. The van der Waals surface area contributed by atoms with Gasteiger partial charge in [-0.3, -0.25) is 4.79 Å². The normalized spacial score (nSPS) is 16.9. The van der Waals surface area contributed by atoms with E-state index in [2.05, 4.69) is 6.92 Å². The lowest BCUT2D eigenvalue weighted by molar-refractivity contribution is 0.0979. The predicted octanol–water partition coefficient (Wildman–Crippen LogP) is 4.97. The highest BCUT2D eigenvalue weighted by atomic mass is 35.5. The number of carbonyl (C=O) groups is 1. The van der Waals surface area contributed by atoms with Crippen molar-refractivity contribution in [3.8, 4) is 0 Å². The van der Waals surface area contributed by atoms with Gasteiger partial charge in [0.05, 0.1) is 10.0 Å². The number of hydrogen-bond acceptors (Lipinski definition) is 1. The van der Waals surface area contributed by atoms with Gasteiger partial charge < -0.3 is 4.90 Å². The van der Waals surface area contributed by atoms with Crippen molar-refractivity contribution in [3.63, 3.8) is 0 Å². The third-order valence-corrected chi connectivity index (χ3v) is 4.63. The van der Waals surface area contributed by atoms with Crippen LogP contribution in [0.5, 0.6) is 0 Å². The number of anilines is 1. The molecule has 1 aliphatic heterocycles. The summed E-state index contributed by atoms with van der Waals surface area (Å²) in [5, 5.41) is 1.03. The number of fused-ring (bicyclic) bond motifs is 1. The Bertz CT molecular complexity index is 685. The number of rotatable bonds is 2. The molecule has 0 spiro atoms. The van der Waals surface area contributed by atoms with Gasteiger partial charge in [0, 0.05) is 17.3 Å². The van der Waals surface area contributed by atoms with Gasteiger partial charge in [0.15, 0.2) is 0 Å². The van der Waals surface area contributed by atoms with E-state index in [1.165, 1.54) is 0 Å². The van der Waals surface area contributed by atoms with Crippen LogP contribution in [0.3, 0.4) is 0 Å². The predicted molar refractivity (Wildman–Crippen MR) is 87.5 cm³/mol. The third-order valence-electron chi connectivity index (χ3n) is 3.91. The molecule has 0 bridgehead atoms. The number of halogens is 2. The van der Waals surface area contributed by atoms with Crippen LogP contribution in [0.15, 0.2) is 42.5 Å². The van der Waals surface area contributed by atoms with E-state index in [1.807, 2.05) is 41.3 Å². The second kappa shape index (κ2) is 5.70. The molecule has 3 rings (SSSR count). The molecule has 0 saturated carbocycles. The zero-order chi connectivity index (χ0) is 15.0. The number of nitrogens with zero attached hydrogens (tertiary/aromatic N) is 1. The number of amides is 1. The van der Waals surface area contributed by atoms with Crippen molar-refractivity contribution >= 4 is 34.8 Å². The number of carbonyl (C=O) groups excluding carboxylic acids is 1. The van der Waals surface area contributed by atoms with Crippen LogP contribution in [-0.4, -0.2) is 11.9 Å². The van der Waals surface area contributed by atoms with E-state index < -0.39 is 0 Å². The monoisotopic (exact) mass is 319 g/mol. The van der Waals surface area contributed by atoms with Gasteiger partial charge in [0.2, 0.25) is 0 Å². The van der Waals surface area contributed by atoms with Crippen molar-refractivity contribution in [3.05, 3.63) is 63.6 Å². The van der Waals surface area contributed by atoms with Gasteiger partial charge in [-0.2, -0.15) is 0 Å². The summed E-state index contributed by atoms with van der Waals surface area (Å²) in [6.45, 7) is 2.09. The summed E-state index contributed by atoms with van der Waals surface area (Å²) >= 11 is 12.2. The Morgan fingerprint density at radius 3 is 2.52 bits per heavy atom. The van der Waals surface area contributed by atoms with Gasteiger partial charge >= 0.3 is 0 Å². The summed E-state index contributed by atoms with van der Waals surface area (Å²) in [7, 11) is 0. The van der Waals surface area contributed by atoms with Crippen LogP contribution in [0.4, 0.5) is 5.69 Å². The Kier molecular flexibility index (Phi) is 3.92. The Morgan fingerprint density at radius 1 is 1.19 bits per heavy atom. The van der Waals surface area contributed by atoms with E-state index in [4.69, 9.17) is 23.2 Å². The number of hydrogen-bond donors (Lipinski definition) is 0. The number of benzene rings is 2. The SMILES string of the molecule is CCC1Cc2cc(Cl)c(Cl)cc2N1C(=O)c1ccccc1. The van der Waals surface area contributed by atoms with Gasteiger partial charge in [-0.1, -0.05) is 48.3 Å². The molecule has 0 aromatic heterocycles. The summed E-state index contributed by atoms with van der Waals surface area (Å²) < 4.78 is 0. The van der Waals surface area contributed by atoms with Crippen LogP contribution in [0.2, 0.25) is 10.0 Å². The molecule has 21 heavy (non-hydrogen) atoms. The minimum absolute atomic E-state index is 0.0135. The fourth-order valence-electron chi connectivity index (χ4n) is 2.83. The first-order chi connectivity index (χ1) is 10.1. The van der Waals surface area contributed by atoms with E-state index in [0.29, 0.717) is 15.6 Å². The maximum Gasteiger partial charge on any atom is 0.258 e. The second-order valence-corrected chi connectivity index (χ2v) is 6.02. The lowest BCUT2D eigenvalue weighted by atomic mass is 10.1. The van der Waals surface area contributed by atoms with E-state index in [1.54, 1.807) is 6.07 Å². The first kappa shape index (κ1) is 14.4. The minimum atomic E-state index is 0.0135. The third kappa shape index (κ3) is 2.54. The van der Waals surface area contributed by atoms with Crippen LogP contribution in [0.25, 0.3) is 0 Å². The molecule has 1 atom stereocenters. The molecule has 1 aliphatic rings. The molecule has 0 N–H and O–H groups in total. The molecular weight excluding hydrogens is 305 g/mol. The second-order valence-electron chi connectivity index (χ2n) is 5.20. The molecule has 0 fully saturated rings. The Balaban J connectivity index is 2.06. The Morgan fingerprint density at radius 2 is 1.86 bits per heavy atom. The van der Waals surface area contributed by atoms with Crippen LogP contribution >= 0.6 is 23.2 Å². The van der Waals surface area contributed by atoms with Crippen molar-refractivity contribution in [2.75, 3.05) is 4.90 Å². The molecule has 1 amide bonds. The van der Waals surface area contributed by atoms with Crippen LogP contribution in [0.1, 0.15) is 29.3 Å². The highest BCUT2D eigenvalue weighted by Crippen LogP contribution is 2.39. The Hall–Kier alpha value is -1.51. The molecule has 1 heterocycles. The topological polar surface area (TPSA) is 20.3 Å². The fraction of sp³-hybridized carbons (Fsp3) is 0.235. The van der Waals surface area contributed by atoms with Crippen molar-refractivity contribution < 1.29 is 4.79 Å². The van der Waals surface area contributed by atoms with E-state index >= 15 is 0 Å². The largest absolute Gasteiger partial charge is 0.305 e. The summed E-state index contributed by atoms with van der Waals surface area (Å²) in [6, 6.07) is 13.2. The van der Waals surface area contributed by atoms with Crippen LogP contribution in [0, 0.1) is 0 Å². The molecule has 2 aromatic carbocycles.